The lowest BCUT2D eigenvalue weighted by molar-refractivity contribution is -0.141. The third kappa shape index (κ3) is 1.83. The molecule has 2 aromatic carbocycles. The summed E-state index contributed by atoms with van der Waals surface area (Å²) in [5, 5.41) is 11.8. The first-order valence-electron chi connectivity index (χ1n) is 6.84. The van der Waals surface area contributed by atoms with Gasteiger partial charge in [0.05, 0.1) is 5.92 Å². The van der Waals surface area contributed by atoms with Crippen LogP contribution in [0, 0.1) is 5.92 Å². The normalized spacial score (nSPS) is 22.6. The van der Waals surface area contributed by atoms with Gasteiger partial charge in [0.15, 0.2) is 0 Å². The van der Waals surface area contributed by atoms with Gasteiger partial charge in [0.1, 0.15) is 0 Å². The first-order valence-corrected chi connectivity index (χ1v) is 6.84. The fraction of sp³-hybridized carbons (Fsp3) is 0.353. The van der Waals surface area contributed by atoms with E-state index in [9.17, 15) is 4.79 Å². The van der Waals surface area contributed by atoms with Crippen molar-refractivity contribution in [2.75, 3.05) is 0 Å². The molecular weight excluding hydrogens is 236 g/mol. The lowest BCUT2D eigenvalue weighted by Gasteiger charge is -2.20. The zero-order valence-electron chi connectivity index (χ0n) is 11.3. The van der Waals surface area contributed by atoms with Gasteiger partial charge in [-0.1, -0.05) is 50.2 Å². The van der Waals surface area contributed by atoms with Crippen molar-refractivity contribution in [2.24, 2.45) is 5.92 Å². The molecule has 0 heterocycles. The fourth-order valence-electron chi connectivity index (χ4n) is 3.39. The first kappa shape index (κ1) is 12.2. The van der Waals surface area contributed by atoms with Crippen LogP contribution >= 0.6 is 0 Å². The van der Waals surface area contributed by atoms with Gasteiger partial charge in [-0.3, -0.25) is 4.79 Å². The Hall–Kier alpha value is -1.83. The average molecular weight is 254 g/mol. The molecule has 0 aromatic heterocycles. The van der Waals surface area contributed by atoms with E-state index in [1.165, 1.54) is 21.9 Å². The Kier molecular flexibility index (Phi) is 2.81. The van der Waals surface area contributed by atoms with Crippen LogP contribution in [0.25, 0.3) is 10.8 Å². The second kappa shape index (κ2) is 4.37. The topological polar surface area (TPSA) is 37.3 Å². The van der Waals surface area contributed by atoms with Crippen molar-refractivity contribution in [3.05, 3.63) is 47.5 Å². The van der Waals surface area contributed by atoms with Crippen LogP contribution in [0.4, 0.5) is 0 Å². The highest BCUT2D eigenvalue weighted by Gasteiger charge is 2.33. The van der Waals surface area contributed by atoms with Crippen molar-refractivity contribution >= 4 is 16.7 Å². The Morgan fingerprint density at radius 3 is 2.47 bits per heavy atom. The number of rotatable bonds is 3. The van der Waals surface area contributed by atoms with Crippen LogP contribution < -0.4 is 0 Å². The Morgan fingerprint density at radius 1 is 1.21 bits per heavy atom. The Bertz CT molecular complexity index is 640. The van der Waals surface area contributed by atoms with Crippen molar-refractivity contribution in [1.82, 2.24) is 0 Å². The molecule has 0 fully saturated rings. The molecule has 2 aromatic rings. The van der Waals surface area contributed by atoms with E-state index in [-0.39, 0.29) is 5.92 Å². The number of hydrogen-bond acceptors (Lipinski definition) is 1. The van der Waals surface area contributed by atoms with Crippen molar-refractivity contribution < 1.29 is 9.90 Å². The zero-order chi connectivity index (χ0) is 13.6. The molecule has 0 saturated heterocycles. The minimum absolute atomic E-state index is 0.294. The maximum atomic E-state index is 11.1. The van der Waals surface area contributed by atoms with E-state index < -0.39 is 5.97 Å². The van der Waals surface area contributed by atoms with Crippen LogP contribution in [0.5, 0.6) is 0 Å². The van der Waals surface area contributed by atoms with Crippen LogP contribution in [0.2, 0.25) is 0 Å². The minimum Gasteiger partial charge on any atom is -0.481 e. The molecule has 1 aliphatic rings. The molecule has 1 N–H and O–H groups in total. The molecule has 19 heavy (non-hydrogen) atoms. The van der Waals surface area contributed by atoms with Crippen LogP contribution in [-0.2, 0) is 4.79 Å². The number of carbonyl (C=O) groups is 1. The van der Waals surface area contributed by atoms with Gasteiger partial charge in [0.25, 0.3) is 0 Å². The van der Waals surface area contributed by atoms with E-state index in [1.807, 2.05) is 0 Å². The van der Waals surface area contributed by atoms with Gasteiger partial charge < -0.3 is 5.11 Å². The molecule has 3 atom stereocenters. The number of carboxylic acids is 1. The molecule has 2 nitrogen and oxygen atoms in total. The molecule has 1 aliphatic carbocycles. The Balaban J connectivity index is 2.07. The quantitative estimate of drug-likeness (QED) is 0.893. The minimum atomic E-state index is -0.699. The standard InChI is InChI=1S/C17H18O2/c1-10(17(18)19)9-15-11(2)13-7-3-5-12-6-4-8-14(15)16(12)13/h3-8,10-11,15H,9H2,1-2H3,(H,18,19). The Labute approximate surface area is 113 Å². The van der Waals surface area contributed by atoms with Gasteiger partial charge in [-0.2, -0.15) is 0 Å². The average Bonchev–Trinajstić information content (AvgIpc) is 2.67. The maximum Gasteiger partial charge on any atom is 0.306 e. The van der Waals surface area contributed by atoms with Crippen molar-refractivity contribution in [3.8, 4) is 0 Å². The zero-order valence-corrected chi connectivity index (χ0v) is 11.3. The molecule has 0 bridgehead atoms. The highest BCUT2D eigenvalue weighted by molar-refractivity contribution is 5.92. The van der Waals surface area contributed by atoms with Crippen LogP contribution in [0.1, 0.15) is 43.2 Å². The van der Waals surface area contributed by atoms with E-state index in [2.05, 4.69) is 43.3 Å². The number of carboxylic acid groups (broad SMARTS) is 1. The third-order valence-electron chi connectivity index (χ3n) is 4.49. The lowest BCUT2D eigenvalue weighted by Crippen LogP contribution is -2.15. The first-order chi connectivity index (χ1) is 9.09. The summed E-state index contributed by atoms with van der Waals surface area (Å²) in [4.78, 5) is 11.1. The molecule has 3 unspecified atom stereocenters. The van der Waals surface area contributed by atoms with Crippen molar-refractivity contribution in [2.45, 2.75) is 32.1 Å². The largest absolute Gasteiger partial charge is 0.481 e. The summed E-state index contributed by atoms with van der Waals surface area (Å²) in [7, 11) is 0. The smallest absolute Gasteiger partial charge is 0.306 e. The predicted octanol–water partition coefficient (Wildman–Crippen LogP) is 4.15. The summed E-state index contributed by atoms with van der Waals surface area (Å²) >= 11 is 0. The second-order valence-electron chi connectivity index (χ2n) is 5.66. The van der Waals surface area contributed by atoms with Gasteiger partial charge in [0, 0.05) is 0 Å². The lowest BCUT2D eigenvalue weighted by atomic mass is 9.84. The van der Waals surface area contributed by atoms with Gasteiger partial charge in [-0.25, -0.2) is 0 Å². The molecular formula is C17H18O2. The molecule has 0 saturated carbocycles. The third-order valence-corrected chi connectivity index (χ3v) is 4.49. The Morgan fingerprint density at radius 2 is 1.84 bits per heavy atom. The fourth-order valence-corrected chi connectivity index (χ4v) is 3.39. The summed E-state index contributed by atoms with van der Waals surface area (Å²) < 4.78 is 0. The molecule has 3 rings (SSSR count). The highest BCUT2D eigenvalue weighted by atomic mass is 16.4. The van der Waals surface area contributed by atoms with E-state index in [0.717, 1.165) is 0 Å². The van der Waals surface area contributed by atoms with Crippen LogP contribution in [0.15, 0.2) is 36.4 Å². The SMILES string of the molecule is CC(CC1c2cccc3cccc(c23)C1C)C(=O)O. The van der Waals surface area contributed by atoms with Crippen LogP contribution in [-0.4, -0.2) is 11.1 Å². The molecule has 0 aliphatic heterocycles. The van der Waals surface area contributed by atoms with Gasteiger partial charge >= 0.3 is 5.97 Å². The summed E-state index contributed by atoms with van der Waals surface area (Å²) in [6.07, 6.45) is 0.713. The van der Waals surface area contributed by atoms with E-state index in [0.29, 0.717) is 18.3 Å². The highest BCUT2D eigenvalue weighted by Crippen LogP contribution is 2.48. The molecule has 0 spiro atoms. The summed E-state index contributed by atoms with van der Waals surface area (Å²) in [5.74, 6) is -0.262. The summed E-state index contributed by atoms with van der Waals surface area (Å²) in [6.45, 7) is 4.02. The van der Waals surface area contributed by atoms with E-state index >= 15 is 0 Å². The number of aliphatic carboxylic acids is 1. The van der Waals surface area contributed by atoms with Crippen molar-refractivity contribution in [1.29, 1.82) is 0 Å². The monoisotopic (exact) mass is 254 g/mol. The second-order valence-corrected chi connectivity index (χ2v) is 5.66. The van der Waals surface area contributed by atoms with E-state index in [4.69, 9.17) is 5.11 Å². The van der Waals surface area contributed by atoms with E-state index in [1.54, 1.807) is 6.92 Å². The summed E-state index contributed by atoms with van der Waals surface area (Å²) in [5.41, 5.74) is 2.70. The van der Waals surface area contributed by atoms with Crippen LogP contribution in [0.3, 0.4) is 0 Å². The summed E-state index contributed by atoms with van der Waals surface area (Å²) in [6, 6.07) is 12.8. The van der Waals surface area contributed by atoms with Crippen molar-refractivity contribution in [3.63, 3.8) is 0 Å². The molecule has 0 radical (unpaired) electrons. The number of hydrogen-bond donors (Lipinski definition) is 1. The predicted molar refractivity (Wildman–Crippen MR) is 76.5 cm³/mol. The van der Waals surface area contributed by atoms with Gasteiger partial charge in [0.2, 0.25) is 0 Å². The number of benzene rings is 2. The molecule has 2 heteroatoms. The maximum absolute atomic E-state index is 11.1. The van der Waals surface area contributed by atoms with Gasteiger partial charge in [-0.15, -0.1) is 0 Å². The molecule has 98 valence electrons. The van der Waals surface area contributed by atoms with Gasteiger partial charge in [-0.05, 0) is 40.2 Å². The molecule has 0 amide bonds.